The zero-order valence-electron chi connectivity index (χ0n) is 19.3. The standard InChI is InChI=1S/C28H22N2O4S2/c1-18-6-4-8-21(14-18)35-22-9-5-7-19(15-22)17-29-27(31)20-12-13-26-24(16-20)30-28(32)23-10-2-3-11-25(23)36(26,33)34/h2-16H,17H2,1H3,(H,29,31)(H,30,32). The minimum Gasteiger partial charge on any atom is -0.348 e. The van der Waals surface area contributed by atoms with Gasteiger partial charge in [-0.15, -0.1) is 0 Å². The number of sulfone groups is 1. The second-order valence-corrected chi connectivity index (χ2v) is 11.4. The summed E-state index contributed by atoms with van der Waals surface area (Å²) in [5.41, 5.74) is 2.53. The first-order valence-corrected chi connectivity index (χ1v) is 13.5. The van der Waals surface area contributed by atoms with E-state index in [9.17, 15) is 18.0 Å². The molecule has 36 heavy (non-hydrogen) atoms. The topological polar surface area (TPSA) is 92.3 Å². The lowest BCUT2D eigenvalue weighted by Gasteiger charge is -2.11. The highest BCUT2D eigenvalue weighted by Gasteiger charge is 2.31. The minimum absolute atomic E-state index is 0.0433. The zero-order chi connectivity index (χ0) is 25.3. The number of hydrogen-bond donors (Lipinski definition) is 2. The van der Waals surface area contributed by atoms with Crippen molar-refractivity contribution in [3.8, 4) is 0 Å². The number of fused-ring (bicyclic) bond motifs is 2. The Kier molecular flexibility index (Phi) is 6.38. The molecule has 6 nitrogen and oxygen atoms in total. The van der Waals surface area contributed by atoms with Gasteiger partial charge in [-0.3, -0.25) is 9.59 Å². The fourth-order valence-corrected chi connectivity index (χ4v) is 6.63. The van der Waals surface area contributed by atoms with Crippen molar-refractivity contribution in [2.45, 2.75) is 33.1 Å². The number of aryl methyl sites for hydroxylation is 1. The predicted molar refractivity (Wildman–Crippen MR) is 139 cm³/mol. The molecular formula is C28H22N2O4S2. The van der Waals surface area contributed by atoms with Gasteiger partial charge in [-0.2, -0.15) is 0 Å². The maximum absolute atomic E-state index is 13.1. The molecule has 0 saturated heterocycles. The number of benzene rings is 4. The average Bonchev–Trinajstić information content (AvgIpc) is 2.95. The molecule has 180 valence electrons. The summed E-state index contributed by atoms with van der Waals surface area (Å²) in [5, 5.41) is 5.51. The third-order valence-electron chi connectivity index (χ3n) is 5.78. The van der Waals surface area contributed by atoms with E-state index in [0.717, 1.165) is 15.4 Å². The van der Waals surface area contributed by atoms with E-state index in [4.69, 9.17) is 0 Å². The molecule has 0 unspecified atom stereocenters. The summed E-state index contributed by atoms with van der Waals surface area (Å²) in [6, 6.07) is 26.4. The molecule has 2 amide bonds. The molecule has 0 spiro atoms. The molecule has 2 N–H and O–H groups in total. The smallest absolute Gasteiger partial charge is 0.257 e. The zero-order valence-corrected chi connectivity index (χ0v) is 20.9. The molecule has 1 aliphatic heterocycles. The van der Waals surface area contributed by atoms with Gasteiger partial charge in [0.2, 0.25) is 9.84 Å². The molecule has 0 bridgehead atoms. The SMILES string of the molecule is Cc1cccc(Sc2cccc(CNC(=O)c3ccc4c(c3)NC(=O)c3ccccc3S4(=O)=O)c2)c1. The van der Waals surface area contributed by atoms with Crippen molar-refractivity contribution in [1.29, 1.82) is 0 Å². The van der Waals surface area contributed by atoms with E-state index in [1.165, 1.54) is 35.9 Å². The summed E-state index contributed by atoms with van der Waals surface area (Å²) in [7, 11) is -3.92. The maximum Gasteiger partial charge on any atom is 0.257 e. The van der Waals surface area contributed by atoms with Crippen molar-refractivity contribution in [3.05, 3.63) is 113 Å². The molecule has 4 aromatic carbocycles. The van der Waals surface area contributed by atoms with Crippen molar-refractivity contribution in [2.75, 3.05) is 5.32 Å². The second-order valence-electron chi connectivity index (χ2n) is 8.41. The number of nitrogens with one attached hydrogen (secondary N) is 2. The summed E-state index contributed by atoms with van der Waals surface area (Å²) in [6.07, 6.45) is 0. The van der Waals surface area contributed by atoms with Crippen LogP contribution in [0.4, 0.5) is 5.69 Å². The molecule has 8 heteroatoms. The van der Waals surface area contributed by atoms with Gasteiger partial charge in [0, 0.05) is 21.9 Å². The van der Waals surface area contributed by atoms with Gasteiger partial charge in [0.05, 0.1) is 21.0 Å². The molecule has 0 aromatic heterocycles. The summed E-state index contributed by atoms with van der Waals surface area (Å²) in [4.78, 5) is 27.6. The number of rotatable bonds is 5. The van der Waals surface area contributed by atoms with Crippen LogP contribution in [0.2, 0.25) is 0 Å². The third-order valence-corrected chi connectivity index (χ3v) is 8.63. The van der Waals surface area contributed by atoms with E-state index in [1.54, 1.807) is 23.9 Å². The van der Waals surface area contributed by atoms with E-state index in [1.807, 2.05) is 30.3 Å². The number of amides is 2. The fourth-order valence-electron chi connectivity index (χ4n) is 4.02. The highest BCUT2D eigenvalue weighted by atomic mass is 32.2. The summed E-state index contributed by atoms with van der Waals surface area (Å²) in [5.74, 6) is -0.906. The van der Waals surface area contributed by atoms with Crippen LogP contribution in [-0.4, -0.2) is 20.2 Å². The molecule has 1 aliphatic rings. The minimum atomic E-state index is -3.92. The number of anilines is 1. The first-order chi connectivity index (χ1) is 17.3. The average molecular weight is 515 g/mol. The molecule has 0 radical (unpaired) electrons. The van der Waals surface area contributed by atoms with E-state index in [2.05, 4.69) is 35.8 Å². The van der Waals surface area contributed by atoms with Gasteiger partial charge >= 0.3 is 0 Å². The number of hydrogen-bond acceptors (Lipinski definition) is 5. The van der Waals surface area contributed by atoms with Crippen LogP contribution in [0.15, 0.2) is 111 Å². The van der Waals surface area contributed by atoms with Crippen LogP contribution in [0.1, 0.15) is 31.8 Å². The predicted octanol–water partition coefficient (Wildman–Crippen LogP) is 5.47. The maximum atomic E-state index is 13.1. The van der Waals surface area contributed by atoms with Crippen LogP contribution >= 0.6 is 11.8 Å². The van der Waals surface area contributed by atoms with Gasteiger partial charge in [-0.1, -0.05) is 53.7 Å². The van der Waals surface area contributed by atoms with E-state index < -0.39 is 15.7 Å². The van der Waals surface area contributed by atoms with Crippen molar-refractivity contribution >= 4 is 39.1 Å². The van der Waals surface area contributed by atoms with Crippen molar-refractivity contribution in [3.63, 3.8) is 0 Å². The summed E-state index contributed by atoms with van der Waals surface area (Å²) >= 11 is 1.65. The molecule has 4 aromatic rings. The quantitative estimate of drug-likeness (QED) is 0.368. The van der Waals surface area contributed by atoms with Crippen molar-refractivity contribution in [2.24, 2.45) is 0 Å². The second kappa shape index (κ2) is 9.64. The van der Waals surface area contributed by atoms with Gasteiger partial charge in [0.25, 0.3) is 11.8 Å². The molecule has 5 rings (SSSR count). The fraction of sp³-hybridized carbons (Fsp3) is 0.0714. The van der Waals surface area contributed by atoms with Gasteiger partial charge in [-0.05, 0) is 67.1 Å². The lowest BCUT2D eigenvalue weighted by atomic mass is 10.1. The van der Waals surface area contributed by atoms with Gasteiger partial charge in [0.15, 0.2) is 0 Å². The van der Waals surface area contributed by atoms with Gasteiger partial charge in [0.1, 0.15) is 0 Å². The van der Waals surface area contributed by atoms with E-state index in [0.29, 0.717) is 6.54 Å². The largest absolute Gasteiger partial charge is 0.348 e. The highest BCUT2D eigenvalue weighted by molar-refractivity contribution is 7.99. The molecule has 1 heterocycles. The molecule has 0 fully saturated rings. The Morgan fingerprint density at radius 2 is 1.61 bits per heavy atom. The Bertz CT molecular complexity index is 1610. The van der Waals surface area contributed by atoms with Crippen LogP contribution in [0.3, 0.4) is 0 Å². The molecule has 0 aliphatic carbocycles. The normalized spacial score (nSPS) is 13.6. The Morgan fingerprint density at radius 3 is 2.42 bits per heavy atom. The van der Waals surface area contributed by atoms with Crippen LogP contribution in [0.5, 0.6) is 0 Å². The van der Waals surface area contributed by atoms with Crippen molar-refractivity contribution in [1.82, 2.24) is 5.32 Å². The Labute approximate surface area is 213 Å². The van der Waals surface area contributed by atoms with Crippen LogP contribution in [0, 0.1) is 6.92 Å². The van der Waals surface area contributed by atoms with Gasteiger partial charge in [-0.25, -0.2) is 8.42 Å². The third kappa shape index (κ3) is 4.78. The Morgan fingerprint density at radius 1 is 0.861 bits per heavy atom. The lowest BCUT2D eigenvalue weighted by Crippen LogP contribution is -2.23. The van der Waals surface area contributed by atoms with E-state index in [-0.39, 0.29) is 32.5 Å². The Hall–Kier alpha value is -3.88. The van der Waals surface area contributed by atoms with Crippen LogP contribution < -0.4 is 10.6 Å². The van der Waals surface area contributed by atoms with Crippen LogP contribution in [-0.2, 0) is 16.4 Å². The Balaban J connectivity index is 1.33. The summed E-state index contributed by atoms with van der Waals surface area (Å²) < 4.78 is 26.3. The molecular weight excluding hydrogens is 492 g/mol. The number of carbonyl (C=O) groups excluding carboxylic acids is 2. The lowest BCUT2D eigenvalue weighted by molar-refractivity contribution is 0.0949. The molecule has 0 atom stereocenters. The van der Waals surface area contributed by atoms with Crippen molar-refractivity contribution < 1.29 is 18.0 Å². The number of carbonyl (C=O) groups is 2. The monoisotopic (exact) mass is 514 g/mol. The first-order valence-electron chi connectivity index (χ1n) is 11.2. The van der Waals surface area contributed by atoms with Gasteiger partial charge < -0.3 is 10.6 Å². The van der Waals surface area contributed by atoms with E-state index >= 15 is 0 Å². The molecule has 0 saturated carbocycles. The highest BCUT2D eigenvalue weighted by Crippen LogP contribution is 2.34. The summed E-state index contributed by atoms with van der Waals surface area (Å²) in [6.45, 7) is 2.35. The van der Waals surface area contributed by atoms with Crippen LogP contribution in [0.25, 0.3) is 0 Å². The first kappa shape index (κ1) is 23.8.